The molecule has 4 heterocycles. The van der Waals surface area contributed by atoms with Gasteiger partial charge in [0, 0.05) is 44.6 Å². The van der Waals surface area contributed by atoms with Gasteiger partial charge in [0.1, 0.15) is 30.3 Å². The highest BCUT2D eigenvalue weighted by Crippen LogP contribution is 2.23. The highest BCUT2D eigenvalue weighted by Gasteiger charge is 2.37. The van der Waals surface area contributed by atoms with E-state index in [9.17, 15) is 14.4 Å². The Labute approximate surface area is 184 Å². The summed E-state index contributed by atoms with van der Waals surface area (Å²) in [5, 5.41) is 0. The highest BCUT2D eigenvalue weighted by atomic mass is 16.2. The number of aromatic nitrogens is 4. The summed E-state index contributed by atoms with van der Waals surface area (Å²) in [5.74, 6) is 1.27. The number of piperazine rings is 1. The lowest BCUT2D eigenvalue weighted by Crippen LogP contribution is -2.52. The first-order chi connectivity index (χ1) is 15.5. The van der Waals surface area contributed by atoms with E-state index < -0.39 is 11.8 Å². The van der Waals surface area contributed by atoms with Crippen LogP contribution >= 0.6 is 0 Å². The number of nitrogens with zero attached hydrogens (tertiary/aromatic N) is 7. The molecule has 1 saturated heterocycles. The van der Waals surface area contributed by atoms with Crippen LogP contribution in [0.2, 0.25) is 0 Å². The molecule has 0 radical (unpaired) electrons. The number of amides is 3. The zero-order chi connectivity index (χ0) is 22.2. The average molecular weight is 431 g/mol. The summed E-state index contributed by atoms with van der Waals surface area (Å²) in [6, 6.07) is 8.54. The summed E-state index contributed by atoms with van der Waals surface area (Å²) in [6.07, 6.45) is 5.08. The van der Waals surface area contributed by atoms with Gasteiger partial charge in [-0.3, -0.25) is 23.9 Å². The van der Waals surface area contributed by atoms with Crippen molar-refractivity contribution in [3.63, 3.8) is 0 Å². The van der Waals surface area contributed by atoms with Crippen molar-refractivity contribution in [3.05, 3.63) is 66.0 Å². The number of aryl methyl sites for hydroxylation is 1. The zero-order valence-electron chi connectivity index (χ0n) is 17.5. The number of fused-ring (bicyclic) bond motifs is 1. The Morgan fingerprint density at radius 2 is 1.59 bits per heavy atom. The second-order valence-electron chi connectivity index (χ2n) is 7.69. The summed E-state index contributed by atoms with van der Waals surface area (Å²) in [6.45, 7) is 3.79. The Kier molecular flexibility index (Phi) is 4.89. The van der Waals surface area contributed by atoms with Crippen LogP contribution in [0.5, 0.6) is 0 Å². The Morgan fingerprint density at radius 1 is 0.938 bits per heavy atom. The molecule has 0 aliphatic carbocycles. The minimum atomic E-state index is -0.416. The van der Waals surface area contributed by atoms with Crippen LogP contribution in [0.4, 0.5) is 5.82 Å². The standard InChI is InChI=1S/C22H21N7O3/c1-15-23-6-7-28(15)19-12-18(24-14-25-19)26-8-10-27(11-9-26)20(30)13-29-21(31)16-4-2-3-5-17(16)22(29)32/h2-7,12,14H,8-11,13H2,1H3. The molecule has 32 heavy (non-hydrogen) atoms. The number of rotatable bonds is 4. The van der Waals surface area contributed by atoms with E-state index in [1.807, 2.05) is 23.8 Å². The van der Waals surface area contributed by atoms with Gasteiger partial charge in [-0.05, 0) is 19.1 Å². The topological polar surface area (TPSA) is 105 Å². The largest absolute Gasteiger partial charge is 0.353 e. The van der Waals surface area contributed by atoms with E-state index >= 15 is 0 Å². The lowest BCUT2D eigenvalue weighted by atomic mass is 10.1. The normalized spacial score (nSPS) is 16.0. The van der Waals surface area contributed by atoms with Crippen molar-refractivity contribution in [2.75, 3.05) is 37.6 Å². The van der Waals surface area contributed by atoms with E-state index in [2.05, 4.69) is 19.9 Å². The van der Waals surface area contributed by atoms with Gasteiger partial charge in [0.05, 0.1) is 11.1 Å². The quantitative estimate of drug-likeness (QED) is 0.566. The smallest absolute Gasteiger partial charge is 0.262 e. The maximum Gasteiger partial charge on any atom is 0.262 e. The van der Waals surface area contributed by atoms with Gasteiger partial charge in [-0.1, -0.05) is 12.1 Å². The van der Waals surface area contributed by atoms with Gasteiger partial charge in [0.15, 0.2) is 0 Å². The van der Waals surface area contributed by atoms with E-state index in [0.29, 0.717) is 37.3 Å². The summed E-state index contributed by atoms with van der Waals surface area (Å²) in [4.78, 5) is 55.6. The Morgan fingerprint density at radius 3 is 2.22 bits per heavy atom. The number of imide groups is 1. The van der Waals surface area contributed by atoms with E-state index in [-0.39, 0.29) is 12.5 Å². The number of carbonyl (C=O) groups is 3. The maximum absolute atomic E-state index is 12.8. The minimum Gasteiger partial charge on any atom is -0.353 e. The van der Waals surface area contributed by atoms with Crippen LogP contribution in [0.1, 0.15) is 26.5 Å². The molecule has 3 aromatic rings. The van der Waals surface area contributed by atoms with Gasteiger partial charge in [0.25, 0.3) is 11.8 Å². The van der Waals surface area contributed by atoms with Crippen molar-refractivity contribution in [3.8, 4) is 5.82 Å². The first-order valence-electron chi connectivity index (χ1n) is 10.3. The minimum absolute atomic E-state index is 0.239. The van der Waals surface area contributed by atoms with Gasteiger partial charge in [-0.15, -0.1) is 0 Å². The fourth-order valence-corrected chi connectivity index (χ4v) is 4.06. The van der Waals surface area contributed by atoms with E-state index in [4.69, 9.17) is 0 Å². The van der Waals surface area contributed by atoms with E-state index in [0.717, 1.165) is 22.4 Å². The van der Waals surface area contributed by atoms with Crippen molar-refractivity contribution in [2.45, 2.75) is 6.92 Å². The molecule has 2 aliphatic heterocycles. The zero-order valence-corrected chi connectivity index (χ0v) is 17.5. The van der Waals surface area contributed by atoms with Crippen molar-refractivity contribution in [2.24, 2.45) is 0 Å². The Bertz CT molecular complexity index is 1180. The molecule has 0 spiro atoms. The maximum atomic E-state index is 12.8. The lowest BCUT2D eigenvalue weighted by molar-refractivity contribution is -0.131. The Balaban J connectivity index is 1.22. The van der Waals surface area contributed by atoms with Crippen LogP contribution in [-0.4, -0.2) is 79.8 Å². The van der Waals surface area contributed by atoms with E-state index in [1.54, 1.807) is 35.4 Å². The molecule has 5 rings (SSSR count). The molecule has 0 atom stereocenters. The lowest BCUT2D eigenvalue weighted by Gasteiger charge is -2.36. The predicted octanol–water partition coefficient (Wildman–Crippen LogP) is 0.916. The van der Waals surface area contributed by atoms with Crippen LogP contribution in [0, 0.1) is 6.92 Å². The van der Waals surface area contributed by atoms with Crippen LogP contribution in [0.25, 0.3) is 5.82 Å². The third kappa shape index (κ3) is 3.39. The first-order valence-corrected chi connectivity index (χ1v) is 10.3. The molecular weight excluding hydrogens is 410 g/mol. The molecule has 162 valence electrons. The van der Waals surface area contributed by atoms with Gasteiger partial charge >= 0.3 is 0 Å². The SMILES string of the molecule is Cc1nccn1-c1cc(N2CCN(C(=O)CN3C(=O)c4ccccc4C3=O)CC2)ncn1. The fraction of sp³-hybridized carbons (Fsp3) is 0.273. The molecule has 1 fully saturated rings. The van der Waals surface area contributed by atoms with Crippen molar-refractivity contribution in [1.82, 2.24) is 29.3 Å². The molecule has 0 N–H and O–H groups in total. The Hall–Kier alpha value is -4.08. The van der Waals surface area contributed by atoms with Crippen LogP contribution < -0.4 is 4.90 Å². The molecule has 0 saturated carbocycles. The van der Waals surface area contributed by atoms with Gasteiger partial charge in [0.2, 0.25) is 5.91 Å². The molecule has 0 bridgehead atoms. The summed E-state index contributed by atoms with van der Waals surface area (Å²) in [7, 11) is 0. The summed E-state index contributed by atoms with van der Waals surface area (Å²) < 4.78 is 1.88. The molecule has 10 nitrogen and oxygen atoms in total. The summed E-state index contributed by atoms with van der Waals surface area (Å²) >= 11 is 0. The molecule has 2 aliphatic rings. The van der Waals surface area contributed by atoms with E-state index in [1.165, 1.54) is 6.33 Å². The number of anilines is 1. The molecule has 0 unspecified atom stereocenters. The number of hydrogen-bond donors (Lipinski definition) is 0. The molecular formula is C22H21N7O3. The molecule has 1 aromatic carbocycles. The molecule has 2 aromatic heterocycles. The van der Waals surface area contributed by atoms with Crippen LogP contribution in [-0.2, 0) is 4.79 Å². The van der Waals surface area contributed by atoms with Gasteiger partial charge < -0.3 is 9.80 Å². The molecule has 10 heteroatoms. The summed E-state index contributed by atoms with van der Waals surface area (Å²) in [5.41, 5.74) is 0.700. The average Bonchev–Trinajstić information content (AvgIpc) is 3.36. The van der Waals surface area contributed by atoms with Gasteiger partial charge in [-0.25, -0.2) is 15.0 Å². The van der Waals surface area contributed by atoms with Crippen molar-refractivity contribution < 1.29 is 14.4 Å². The van der Waals surface area contributed by atoms with Crippen molar-refractivity contribution >= 4 is 23.5 Å². The highest BCUT2D eigenvalue weighted by molar-refractivity contribution is 6.22. The molecule has 3 amide bonds. The number of imidazole rings is 1. The second kappa shape index (κ2) is 7.88. The van der Waals surface area contributed by atoms with Crippen LogP contribution in [0.15, 0.2) is 49.1 Å². The predicted molar refractivity (Wildman–Crippen MR) is 114 cm³/mol. The second-order valence-corrected chi connectivity index (χ2v) is 7.69. The van der Waals surface area contributed by atoms with Gasteiger partial charge in [-0.2, -0.15) is 0 Å². The third-order valence-electron chi connectivity index (χ3n) is 5.84. The number of benzene rings is 1. The fourth-order valence-electron chi connectivity index (χ4n) is 4.06. The first kappa shape index (κ1) is 19.9. The van der Waals surface area contributed by atoms with Crippen molar-refractivity contribution in [1.29, 1.82) is 0 Å². The third-order valence-corrected chi connectivity index (χ3v) is 5.84. The van der Waals surface area contributed by atoms with Crippen LogP contribution in [0.3, 0.4) is 0 Å². The number of carbonyl (C=O) groups excluding carboxylic acids is 3. The monoisotopic (exact) mass is 431 g/mol. The number of hydrogen-bond acceptors (Lipinski definition) is 7.